The Morgan fingerprint density at radius 1 is 1.29 bits per heavy atom. The fraction of sp³-hybridized carbons (Fsp3) is 0.278. The van der Waals surface area contributed by atoms with Crippen LogP contribution < -0.4 is 10.2 Å². The minimum absolute atomic E-state index is 0.0141. The van der Waals surface area contributed by atoms with E-state index in [1.807, 2.05) is 13.0 Å². The van der Waals surface area contributed by atoms with E-state index < -0.39 is 11.6 Å². The predicted octanol–water partition coefficient (Wildman–Crippen LogP) is 4.32. The molecule has 1 heterocycles. The van der Waals surface area contributed by atoms with Crippen molar-refractivity contribution < 1.29 is 13.6 Å². The molecule has 1 N–H and O–H groups in total. The van der Waals surface area contributed by atoms with Crippen LogP contribution in [-0.2, 0) is 11.2 Å². The molecule has 2 aromatic carbocycles. The van der Waals surface area contributed by atoms with E-state index >= 15 is 0 Å². The Hall–Kier alpha value is -2.14. The van der Waals surface area contributed by atoms with Crippen LogP contribution in [0.1, 0.15) is 17.5 Å². The summed E-state index contributed by atoms with van der Waals surface area (Å²) >= 11 is 6.11. The second kappa shape index (κ2) is 6.77. The van der Waals surface area contributed by atoms with Crippen molar-refractivity contribution in [3.8, 4) is 0 Å². The second-order valence-electron chi connectivity index (χ2n) is 5.95. The molecule has 0 fully saturated rings. The standard InChI is InChI=1S/C18H17ClF2N2O/c1-11-4-5-16(14(19)7-11)22-17(24)10-23-6-2-3-12-8-13(20)9-15(21)18(12)23/h4-5,7-9H,2-3,6,10H2,1H3,(H,22,24). The van der Waals surface area contributed by atoms with Crippen molar-refractivity contribution in [3.05, 3.63) is 58.1 Å². The molecule has 3 nitrogen and oxygen atoms in total. The topological polar surface area (TPSA) is 32.3 Å². The van der Waals surface area contributed by atoms with E-state index in [0.29, 0.717) is 34.9 Å². The van der Waals surface area contributed by atoms with Crippen molar-refractivity contribution in [2.24, 2.45) is 0 Å². The number of nitrogens with zero attached hydrogens (tertiary/aromatic N) is 1. The Morgan fingerprint density at radius 3 is 2.83 bits per heavy atom. The van der Waals surface area contributed by atoms with Crippen molar-refractivity contribution in [2.45, 2.75) is 19.8 Å². The molecule has 6 heteroatoms. The first-order valence-corrected chi connectivity index (χ1v) is 8.10. The average Bonchev–Trinajstić information content (AvgIpc) is 2.49. The van der Waals surface area contributed by atoms with E-state index in [1.165, 1.54) is 6.07 Å². The first-order chi connectivity index (χ1) is 11.4. The van der Waals surface area contributed by atoms with E-state index in [2.05, 4.69) is 5.32 Å². The predicted molar refractivity (Wildman–Crippen MR) is 91.7 cm³/mol. The van der Waals surface area contributed by atoms with Crippen molar-refractivity contribution >= 4 is 28.9 Å². The van der Waals surface area contributed by atoms with Gasteiger partial charge in [-0.25, -0.2) is 8.78 Å². The van der Waals surface area contributed by atoms with Crippen LogP contribution in [0.5, 0.6) is 0 Å². The minimum Gasteiger partial charge on any atom is -0.360 e. The molecule has 0 radical (unpaired) electrons. The molecule has 126 valence electrons. The van der Waals surface area contributed by atoms with Gasteiger partial charge in [0.15, 0.2) is 0 Å². The van der Waals surface area contributed by atoms with Crippen LogP contribution in [0.15, 0.2) is 30.3 Å². The van der Waals surface area contributed by atoms with Gasteiger partial charge in [-0.3, -0.25) is 4.79 Å². The summed E-state index contributed by atoms with van der Waals surface area (Å²) in [5, 5.41) is 3.19. The zero-order valence-corrected chi connectivity index (χ0v) is 14.0. The smallest absolute Gasteiger partial charge is 0.243 e. The summed E-state index contributed by atoms with van der Waals surface area (Å²) in [4.78, 5) is 13.9. The van der Waals surface area contributed by atoms with Gasteiger partial charge >= 0.3 is 0 Å². The Balaban J connectivity index is 1.76. The molecule has 0 saturated carbocycles. The summed E-state index contributed by atoms with van der Waals surface area (Å²) in [5.74, 6) is -1.52. The quantitative estimate of drug-likeness (QED) is 0.894. The molecule has 0 spiro atoms. The largest absolute Gasteiger partial charge is 0.360 e. The van der Waals surface area contributed by atoms with Gasteiger partial charge in [0, 0.05) is 12.6 Å². The number of hydrogen-bond donors (Lipinski definition) is 1. The van der Waals surface area contributed by atoms with Gasteiger partial charge in [0.05, 0.1) is 22.9 Å². The molecular formula is C18H17ClF2N2O. The Bertz CT molecular complexity index is 795. The van der Waals surface area contributed by atoms with Crippen molar-refractivity contribution in [2.75, 3.05) is 23.3 Å². The number of hydrogen-bond acceptors (Lipinski definition) is 2. The van der Waals surface area contributed by atoms with Crippen molar-refractivity contribution in [1.29, 1.82) is 0 Å². The number of nitrogens with one attached hydrogen (secondary N) is 1. The van der Waals surface area contributed by atoms with Gasteiger partial charge in [0.25, 0.3) is 0 Å². The fourth-order valence-electron chi connectivity index (χ4n) is 2.98. The Morgan fingerprint density at radius 2 is 2.08 bits per heavy atom. The molecule has 0 aromatic heterocycles. The number of amides is 1. The zero-order chi connectivity index (χ0) is 17.3. The molecular weight excluding hydrogens is 334 g/mol. The summed E-state index contributed by atoms with van der Waals surface area (Å²) in [5.41, 5.74) is 2.42. The summed E-state index contributed by atoms with van der Waals surface area (Å²) in [6, 6.07) is 7.52. The lowest BCUT2D eigenvalue weighted by Gasteiger charge is -2.31. The normalized spacial score (nSPS) is 13.6. The van der Waals surface area contributed by atoms with Crippen LogP contribution in [-0.4, -0.2) is 19.0 Å². The van der Waals surface area contributed by atoms with Crippen LogP contribution in [0.2, 0.25) is 5.02 Å². The van der Waals surface area contributed by atoms with E-state index in [4.69, 9.17) is 11.6 Å². The zero-order valence-electron chi connectivity index (χ0n) is 13.2. The lowest BCUT2D eigenvalue weighted by molar-refractivity contribution is -0.115. The van der Waals surface area contributed by atoms with E-state index in [9.17, 15) is 13.6 Å². The maximum Gasteiger partial charge on any atom is 0.243 e. The van der Waals surface area contributed by atoms with Gasteiger partial charge in [0.2, 0.25) is 5.91 Å². The van der Waals surface area contributed by atoms with Gasteiger partial charge in [-0.2, -0.15) is 0 Å². The van der Waals surface area contributed by atoms with Crippen LogP contribution in [0.4, 0.5) is 20.2 Å². The van der Waals surface area contributed by atoms with Gasteiger partial charge < -0.3 is 10.2 Å². The molecule has 0 atom stereocenters. The molecule has 0 aliphatic carbocycles. The number of anilines is 2. The lowest BCUT2D eigenvalue weighted by Crippen LogP contribution is -2.37. The number of fused-ring (bicyclic) bond motifs is 1. The second-order valence-corrected chi connectivity index (χ2v) is 6.36. The maximum absolute atomic E-state index is 14.1. The number of benzene rings is 2. The molecule has 1 aliphatic rings. The van der Waals surface area contributed by atoms with Gasteiger partial charge in [-0.15, -0.1) is 0 Å². The van der Waals surface area contributed by atoms with Crippen LogP contribution in [0.25, 0.3) is 0 Å². The first kappa shape index (κ1) is 16.7. The highest BCUT2D eigenvalue weighted by molar-refractivity contribution is 6.33. The Labute approximate surface area is 144 Å². The molecule has 24 heavy (non-hydrogen) atoms. The summed E-state index contributed by atoms with van der Waals surface area (Å²) in [6.07, 6.45) is 1.35. The number of halogens is 3. The van der Waals surface area contributed by atoms with Crippen molar-refractivity contribution in [3.63, 3.8) is 0 Å². The highest BCUT2D eigenvalue weighted by Gasteiger charge is 2.23. The number of carbonyl (C=O) groups is 1. The van der Waals surface area contributed by atoms with Gasteiger partial charge in [0.1, 0.15) is 11.6 Å². The molecule has 3 rings (SSSR count). The van der Waals surface area contributed by atoms with Gasteiger partial charge in [-0.1, -0.05) is 17.7 Å². The summed E-state index contributed by atoms with van der Waals surface area (Å²) < 4.78 is 27.5. The number of rotatable bonds is 3. The van der Waals surface area contributed by atoms with Crippen LogP contribution in [0, 0.1) is 18.6 Å². The number of aryl methyl sites for hydroxylation is 2. The third kappa shape index (κ3) is 3.51. The van der Waals surface area contributed by atoms with Crippen LogP contribution in [0.3, 0.4) is 0 Å². The third-order valence-electron chi connectivity index (χ3n) is 4.03. The van der Waals surface area contributed by atoms with Crippen molar-refractivity contribution in [1.82, 2.24) is 0 Å². The molecule has 0 unspecified atom stereocenters. The number of carbonyl (C=O) groups excluding carboxylic acids is 1. The van der Waals surface area contributed by atoms with Crippen LogP contribution >= 0.6 is 11.6 Å². The third-order valence-corrected chi connectivity index (χ3v) is 4.34. The average molecular weight is 351 g/mol. The fourth-order valence-corrected chi connectivity index (χ4v) is 3.26. The molecule has 1 aliphatic heterocycles. The molecule has 2 aromatic rings. The van der Waals surface area contributed by atoms with E-state index in [-0.39, 0.29) is 12.5 Å². The maximum atomic E-state index is 14.1. The SMILES string of the molecule is Cc1ccc(NC(=O)CN2CCCc3cc(F)cc(F)c32)c(Cl)c1. The molecule has 0 bridgehead atoms. The van der Waals surface area contributed by atoms with E-state index in [0.717, 1.165) is 18.1 Å². The van der Waals surface area contributed by atoms with Gasteiger partial charge in [-0.05, 0) is 49.1 Å². The lowest BCUT2D eigenvalue weighted by atomic mass is 10.0. The highest BCUT2D eigenvalue weighted by atomic mass is 35.5. The molecule has 1 amide bonds. The van der Waals surface area contributed by atoms with E-state index in [1.54, 1.807) is 17.0 Å². The summed E-state index contributed by atoms with van der Waals surface area (Å²) in [7, 11) is 0. The molecule has 0 saturated heterocycles. The summed E-state index contributed by atoms with van der Waals surface area (Å²) in [6.45, 7) is 2.44. The Kier molecular flexibility index (Phi) is 4.71. The first-order valence-electron chi connectivity index (χ1n) is 7.73. The highest BCUT2D eigenvalue weighted by Crippen LogP contribution is 2.31. The minimum atomic E-state index is -0.633. The monoisotopic (exact) mass is 350 g/mol.